The van der Waals surface area contributed by atoms with Crippen LogP contribution in [0.5, 0.6) is 0 Å². The maximum absolute atomic E-state index is 12.2. The normalized spacial score (nSPS) is 11.2. The van der Waals surface area contributed by atoms with E-state index in [9.17, 15) is 13.2 Å². The molecule has 0 aliphatic carbocycles. The van der Waals surface area contributed by atoms with Crippen molar-refractivity contribution in [3.63, 3.8) is 0 Å². The van der Waals surface area contributed by atoms with Crippen LogP contribution in [0.1, 0.15) is 12.0 Å². The van der Waals surface area contributed by atoms with Gasteiger partial charge in [0.05, 0.1) is 4.90 Å². The molecular weight excluding hydrogens is 312 g/mol. The van der Waals surface area contributed by atoms with Crippen LogP contribution in [0, 0.1) is 0 Å². The molecule has 0 heterocycles. The predicted molar refractivity (Wildman–Crippen MR) is 90.9 cm³/mol. The summed E-state index contributed by atoms with van der Waals surface area (Å²) < 4.78 is 25.6. The number of para-hydroxylation sites is 1. The van der Waals surface area contributed by atoms with Crippen LogP contribution in [-0.4, -0.2) is 28.4 Å². The molecule has 6 heteroatoms. The molecular formula is C17H20N2O3S. The van der Waals surface area contributed by atoms with Gasteiger partial charge in [0.15, 0.2) is 0 Å². The maximum atomic E-state index is 12.2. The van der Waals surface area contributed by atoms with Crippen molar-refractivity contribution in [2.24, 2.45) is 0 Å². The van der Waals surface area contributed by atoms with E-state index in [1.807, 2.05) is 30.3 Å². The Labute approximate surface area is 137 Å². The predicted octanol–water partition coefficient (Wildman–Crippen LogP) is 2.19. The summed E-state index contributed by atoms with van der Waals surface area (Å²) in [7, 11) is -0.294. The number of benzene rings is 2. The molecule has 0 bridgehead atoms. The van der Waals surface area contributed by atoms with E-state index in [-0.39, 0.29) is 10.8 Å². The zero-order valence-electron chi connectivity index (χ0n) is 13.2. The van der Waals surface area contributed by atoms with Gasteiger partial charge in [0.1, 0.15) is 0 Å². The molecule has 23 heavy (non-hydrogen) atoms. The lowest BCUT2D eigenvalue weighted by atomic mass is 10.1. The van der Waals surface area contributed by atoms with Gasteiger partial charge >= 0.3 is 0 Å². The number of hydrogen-bond donors (Lipinski definition) is 1. The van der Waals surface area contributed by atoms with Crippen molar-refractivity contribution < 1.29 is 13.2 Å². The summed E-state index contributed by atoms with van der Waals surface area (Å²) >= 11 is 0. The van der Waals surface area contributed by atoms with E-state index in [2.05, 4.69) is 4.72 Å². The molecule has 0 radical (unpaired) electrons. The van der Waals surface area contributed by atoms with Gasteiger partial charge in [-0.2, -0.15) is 0 Å². The van der Waals surface area contributed by atoms with Gasteiger partial charge in [-0.25, -0.2) is 13.1 Å². The lowest BCUT2D eigenvalue weighted by Gasteiger charge is -2.17. The lowest BCUT2D eigenvalue weighted by molar-refractivity contribution is -0.118. The van der Waals surface area contributed by atoms with E-state index >= 15 is 0 Å². The molecule has 0 aliphatic rings. The fourth-order valence-electron chi connectivity index (χ4n) is 2.17. The molecule has 0 saturated carbocycles. The summed E-state index contributed by atoms with van der Waals surface area (Å²) in [5.41, 5.74) is 1.78. The number of hydrogen-bond acceptors (Lipinski definition) is 3. The number of aryl methyl sites for hydroxylation is 1. The van der Waals surface area contributed by atoms with Crippen molar-refractivity contribution in [2.75, 3.05) is 19.0 Å². The fraction of sp³-hybridized carbons (Fsp3) is 0.235. The number of rotatable bonds is 6. The van der Waals surface area contributed by atoms with E-state index in [0.717, 1.165) is 11.3 Å². The first-order valence-corrected chi connectivity index (χ1v) is 8.76. The Balaban J connectivity index is 1.97. The molecule has 2 aromatic carbocycles. The van der Waals surface area contributed by atoms with Gasteiger partial charge in [-0.1, -0.05) is 30.3 Å². The minimum atomic E-state index is -3.42. The summed E-state index contributed by atoms with van der Waals surface area (Å²) in [5, 5.41) is 0. The third-order valence-electron chi connectivity index (χ3n) is 3.65. The molecule has 1 N–H and O–H groups in total. The Morgan fingerprint density at radius 3 is 2.22 bits per heavy atom. The molecule has 1 amide bonds. The van der Waals surface area contributed by atoms with Crippen molar-refractivity contribution in [3.05, 3.63) is 60.2 Å². The average Bonchev–Trinajstić information content (AvgIpc) is 2.60. The second kappa shape index (κ2) is 7.39. The number of anilines is 1. The number of sulfonamides is 1. The Hall–Kier alpha value is -2.18. The van der Waals surface area contributed by atoms with E-state index in [1.165, 1.54) is 7.05 Å². The minimum absolute atomic E-state index is 0.0168. The summed E-state index contributed by atoms with van der Waals surface area (Å²) in [6, 6.07) is 16.0. The van der Waals surface area contributed by atoms with Crippen LogP contribution in [0.15, 0.2) is 59.5 Å². The first-order valence-electron chi connectivity index (χ1n) is 7.28. The highest BCUT2D eigenvalue weighted by Crippen LogP contribution is 2.15. The first kappa shape index (κ1) is 17.2. The highest BCUT2D eigenvalue weighted by atomic mass is 32.2. The van der Waals surface area contributed by atoms with Crippen LogP contribution in [0.2, 0.25) is 0 Å². The van der Waals surface area contributed by atoms with Crippen molar-refractivity contribution in [1.82, 2.24) is 4.72 Å². The monoisotopic (exact) mass is 332 g/mol. The van der Waals surface area contributed by atoms with Gasteiger partial charge in [-0.05, 0) is 43.3 Å². The number of carbonyl (C=O) groups is 1. The topological polar surface area (TPSA) is 66.5 Å². The number of nitrogens with one attached hydrogen (secondary N) is 1. The minimum Gasteiger partial charge on any atom is -0.315 e. The third-order valence-corrected chi connectivity index (χ3v) is 5.08. The summed E-state index contributed by atoms with van der Waals surface area (Å²) in [4.78, 5) is 14.1. The maximum Gasteiger partial charge on any atom is 0.240 e. The molecule has 5 nitrogen and oxygen atoms in total. The summed E-state index contributed by atoms with van der Waals surface area (Å²) in [6.07, 6.45) is 0.930. The number of carbonyl (C=O) groups excluding carboxylic acids is 1. The molecule has 122 valence electrons. The fourth-order valence-corrected chi connectivity index (χ4v) is 2.90. The molecule has 0 atom stereocenters. The van der Waals surface area contributed by atoms with Crippen molar-refractivity contribution in [1.29, 1.82) is 0 Å². The molecule has 0 aliphatic heterocycles. The zero-order valence-corrected chi connectivity index (χ0v) is 14.0. The Bertz CT molecular complexity index is 756. The molecule has 0 fully saturated rings. The second-order valence-electron chi connectivity index (χ2n) is 5.14. The van der Waals surface area contributed by atoms with Crippen LogP contribution in [0.3, 0.4) is 0 Å². The quantitative estimate of drug-likeness (QED) is 0.882. The van der Waals surface area contributed by atoms with Crippen LogP contribution in [-0.2, 0) is 21.2 Å². The van der Waals surface area contributed by atoms with E-state index < -0.39 is 10.0 Å². The smallest absolute Gasteiger partial charge is 0.240 e. The van der Waals surface area contributed by atoms with Gasteiger partial charge in [0.2, 0.25) is 15.9 Å². The van der Waals surface area contributed by atoms with E-state index in [4.69, 9.17) is 0 Å². The Morgan fingerprint density at radius 2 is 1.65 bits per heavy atom. The largest absolute Gasteiger partial charge is 0.315 e. The molecule has 0 saturated heterocycles. The van der Waals surface area contributed by atoms with Crippen LogP contribution in [0.25, 0.3) is 0 Å². The first-order chi connectivity index (χ1) is 10.9. The average molecular weight is 332 g/mol. The second-order valence-corrected chi connectivity index (χ2v) is 7.03. The standard InChI is InChI=1S/C17H20N2O3S/c1-18-23(21,22)16-11-8-14(9-12-16)10-13-17(20)19(2)15-6-4-3-5-7-15/h3-9,11-12,18H,10,13H2,1-2H3. The van der Waals surface area contributed by atoms with Crippen molar-refractivity contribution in [2.45, 2.75) is 17.7 Å². The molecule has 2 rings (SSSR count). The van der Waals surface area contributed by atoms with Gasteiger partial charge in [0.25, 0.3) is 0 Å². The van der Waals surface area contributed by atoms with Crippen LogP contribution in [0.4, 0.5) is 5.69 Å². The lowest BCUT2D eigenvalue weighted by Crippen LogP contribution is -2.26. The van der Waals surface area contributed by atoms with Gasteiger partial charge in [0, 0.05) is 19.2 Å². The van der Waals surface area contributed by atoms with Crippen molar-refractivity contribution in [3.8, 4) is 0 Å². The number of amides is 1. The molecule has 2 aromatic rings. The van der Waals surface area contributed by atoms with Gasteiger partial charge in [-0.3, -0.25) is 4.79 Å². The SMILES string of the molecule is CNS(=O)(=O)c1ccc(CCC(=O)N(C)c2ccccc2)cc1. The van der Waals surface area contributed by atoms with Crippen molar-refractivity contribution >= 4 is 21.6 Å². The molecule has 0 unspecified atom stereocenters. The van der Waals surface area contributed by atoms with Crippen LogP contribution < -0.4 is 9.62 Å². The Kier molecular flexibility index (Phi) is 5.52. The highest BCUT2D eigenvalue weighted by molar-refractivity contribution is 7.89. The Morgan fingerprint density at radius 1 is 1.04 bits per heavy atom. The molecule has 0 aromatic heterocycles. The van der Waals surface area contributed by atoms with Gasteiger partial charge in [-0.15, -0.1) is 0 Å². The summed E-state index contributed by atoms with van der Waals surface area (Å²) in [5.74, 6) is 0.0168. The molecule has 0 spiro atoms. The van der Waals surface area contributed by atoms with Gasteiger partial charge < -0.3 is 4.90 Å². The van der Waals surface area contributed by atoms with E-state index in [0.29, 0.717) is 12.8 Å². The third kappa shape index (κ3) is 4.40. The number of nitrogens with zero attached hydrogens (tertiary/aromatic N) is 1. The van der Waals surface area contributed by atoms with Crippen LogP contribution >= 0.6 is 0 Å². The summed E-state index contributed by atoms with van der Waals surface area (Å²) in [6.45, 7) is 0. The van der Waals surface area contributed by atoms with E-state index in [1.54, 1.807) is 36.2 Å². The zero-order chi connectivity index (χ0) is 16.9. The highest BCUT2D eigenvalue weighted by Gasteiger charge is 2.12.